The van der Waals surface area contributed by atoms with E-state index in [4.69, 9.17) is 9.88 Å². The summed E-state index contributed by atoms with van der Waals surface area (Å²) >= 11 is 0. The maximum Gasteiger partial charge on any atom is 0.333 e. The lowest BCUT2D eigenvalue weighted by Crippen LogP contribution is -2.15. The van der Waals surface area contributed by atoms with Crippen molar-refractivity contribution in [3.05, 3.63) is 42.0 Å². The highest BCUT2D eigenvalue weighted by molar-refractivity contribution is 7.84. The highest BCUT2D eigenvalue weighted by Gasteiger charge is 2.09. The first-order valence-corrected chi connectivity index (χ1v) is 6.70. The molecule has 2 aromatic rings. The van der Waals surface area contributed by atoms with Gasteiger partial charge in [-0.25, -0.2) is 5.14 Å². The highest BCUT2D eigenvalue weighted by Crippen LogP contribution is 2.28. The van der Waals surface area contributed by atoms with Crippen LogP contribution in [0.25, 0.3) is 10.8 Å². The lowest BCUT2D eigenvalue weighted by atomic mass is 10.0. The summed E-state index contributed by atoms with van der Waals surface area (Å²) in [5.74, 6) is 0.727. The number of rotatable bonds is 4. The third-order valence-electron chi connectivity index (χ3n) is 2.57. The van der Waals surface area contributed by atoms with E-state index in [1.165, 1.54) is 0 Å². The number of nitrogens with two attached hydrogens (primary N) is 1. The zero-order valence-electron chi connectivity index (χ0n) is 9.79. The number of benzene rings is 2. The van der Waals surface area contributed by atoms with Gasteiger partial charge in [-0.1, -0.05) is 30.3 Å². The molecular formula is C12H13NO4S. The van der Waals surface area contributed by atoms with Crippen LogP contribution < -0.4 is 9.88 Å². The summed E-state index contributed by atoms with van der Waals surface area (Å²) in [6.45, 7) is -0.0939. The number of hydrogen-bond donors (Lipinski definition) is 1. The molecule has 0 bridgehead atoms. The van der Waals surface area contributed by atoms with Gasteiger partial charge in [-0.2, -0.15) is 8.42 Å². The fraction of sp³-hybridized carbons (Fsp3) is 0.167. The molecule has 0 aliphatic heterocycles. The molecule has 0 spiro atoms. The molecule has 0 aliphatic rings. The predicted molar refractivity (Wildman–Crippen MR) is 68.4 cm³/mol. The third kappa shape index (κ3) is 2.79. The maximum absolute atomic E-state index is 10.8. The summed E-state index contributed by atoms with van der Waals surface area (Å²) in [7, 11) is -2.35. The Morgan fingerprint density at radius 1 is 1.11 bits per heavy atom. The Balaban J connectivity index is 2.46. The van der Waals surface area contributed by atoms with Crippen molar-refractivity contribution in [2.45, 2.75) is 6.61 Å². The normalized spacial score (nSPS) is 11.7. The van der Waals surface area contributed by atoms with Gasteiger partial charge in [0.15, 0.2) is 0 Å². The van der Waals surface area contributed by atoms with Gasteiger partial charge in [0.2, 0.25) is 0 Å². The molecule has 5 nitrogen and oxygen atoms in total. The summed E-state index contributed by atoms with van der Waals surface area (Å²) in [5.41, 5.74) is 0.737. The molecule has 18 heavy (non-hydrogen) atoms. The predicted octanol–water partition coefficient (Wildman–Crippen LogP) is 1.57. The van der Waals surface area contributed by atoms with Crippen LogP contribution >= 0.6 is 0 Å². The number of methoxy groups -OCH3 is 1. The van der Waals surface area contributed by atoms with Crippen molar-refractivity contribution in [1.82, 2.24) is 0 Å². The molecule has 0 radical (unpaired) electrons. The fourth-order valence-corrected chi connectivity index (χ4v) is 2.07. The standard InChI is InChI=1S/C12H13NO4S/c1-16-12-7-6-9(8-17-18(13,14)15)10-4-2-3-5-11(10)12/h2-7H,8H2,1H3,(H2,13,14,15). The van der Waals surface area contributed by atoms with E-state index < -0.39 is 10.3 Å². The van der Waals surface area contributed by atoms with Gasteiger partial charge in [0.1, 0.15) is 5.75 Å². The Morgan fingerprint density at radius 2 is 1.78 bits per heavy atom. The van der Waals surface area contributed by atoms with E-state index >= 15 is 0 Å². The van der Waals surface area contributed by atoms with Gasteiger partial charge in [-0.15, -0.1) is 0 Å². The minimum atomic E-state index is -3.94. The van der Waals surface area contributed by atoms with E-state index in [-0.39, 0.29) is 6.61 Å². The molecule has 0 aliphatic carbocycles. The Kier molecular flexibility index (Phi) is 3.51. The molecule has 0 heterocycles. The molecule has 0 saturated heterocycles. The van der Waals surface area contributed by atoms with E-state index in [0.29, 0.717) is 0 Å². The molecule has 96 valence electrons. The van der Waals surface area contributed by atoms with E-state index in [1.54, 1.807) is 19.2 Å². The summed E-state index contributed by atoms with van der Waals surface area (Å²) in [6.07, 6.45) is 0. The Morgan fingerprint density at radius 3 is 2.39 bits per heavy atom. The van der Waals surface area contributed by atoms with Crippen molar-refractivity contribution < 1.29 is 17.3 Å². The Hall–Kier alpha value is -1.63. The molecule has 2 rings (SSSR count). The van der Waals surface area contributed by atoms with E-state index in [0.717, 1.165) is 22.1 Å². The highest BCUT2D eigenvalue weighted by atomic mass is 32.2. The largest absolute Gasteiger partial charge is 0.496 e. The second-order valence-electron chi connectivity index (χ2n) is 3.73. The van der Waals surface area contributed by atoms with Crippen LogP contribution in [0.5, 0.6) is 5.75 Å². The molecule has 6 heteroatoms. The lowest BCUT2D eigenvalue weighted by Gasteiger charge is -2.09. The van der Waals surface area contributed by atoms with Crippen molar-refractivity contribution in [3.8, 4) is 5.75 Å². The van der Waals surface area contributed by atoms with Crippen molar-refractivity contribution in [1.29, 1.82) is 0 Å². The van der Waals surface area contributed by atoms with Gasteiger partial charge < -0.3 is 4.74 Å². The molecular weight excluding hydrogens is 254 g/mol. The van der Waals surface area contributed by atoms with Crippen LogP contribution in [0.1, 0.15) is 5.56 Å². The molecule has 0 unspecified atom stereocenters. The van der Waals surface area contributed by atoms with Crippen LogP contribution in [0.2, 0.25) is 0 Å². The minimum absolute atomic E-state index is 0.0939. The Bertz CT molecular complexity index is 667. The topological polar surface area (TPSA) is 78.6 Å². The number of fused-ring (bicyclic) bond motifs is 1. The molecule has 0 aromatic heterocycles. The zero-order valence-corrected chi connectivity index (χ0v) is 10.6. The van der Waals surface area contributed by atoms with Gasteiger partial charge in [0, 0.05) is 5.39 Å². The van der Waals surface area contributed by atoms with Crippen LogP contribution in [-0.4, -0.2) is 15.5 Å². The average molecular weight is 267 g/mol. The lowest BCUT2D eigenvalue weighted by molar-refractivity contribution is 0.310. The van der Waals surface area contributed by atoms with Gasteiger partial charge in [0.25, 0.3) is 0 Å². The van der Waals surface area contributed by atoms with Gasteiger partial charge in [-0.3, -0.25) is 4.18 Å². The Labute approximate surface area is 105 Å². The minimum Gasteiger partial charge on any atom is -0.496 e. The second kappa shape index (κ2) is 4.93. The average Bonchev–Trinajstić information content (AvgIpc) is 2.35. The van der Waals surface area contributed by atoms with Crippen molar-refractivity contribution >= 4 is 21.1 Å². The van der Waals surface area contributed by atoms with Crippen molar-refractivity contribution in [2.24, 2.45) is 5.14 Å². The molecule has 2 N–H and O–H groups in total. The van der Waals surface area contributed by atoms with Gasteiger partial charge >= 0.3 is 10.3 Å². The van der Waals surface area contributed by atoms with Crippen LogP contribution in [0, 0.1) is 0 Å². The second-order valence-corrected chi connectivity index (χ2v) is 4.95. The van der Waals surface area contributed by atoms with Crippen LogP contribution in [0.4, 0.5) is 0 Å². The molecule has 2 aromatic carbocycles. The van der Waals surface area contributed by atoms with Crippen LogP contribution in [-0.2, 0) is 21.1 Å². The zero-order chi connectivity index (χ0) is 13.2. The fourth-order valence-electron chi connectivity index (χ4n) is 1.78. The monoisotopic (exact) mass is 267 g/mol. The first-order chi connectivity index (χ1) is 8.51. The van der Waals surface area contributed by atoms with Crippen LogP contribution in [0.15, 0.2) is 36.4 Å². The van der Waals surface area contributed by atoms with Crippen molar-refractivity contribution in [2.75, 3.05) is 7.11 Å². The van der Waals surface area contributed by atoms with Gasteiger partial charge in [0.05, 0.1) is 13.7 Å². The maximum atomic E-state index is 10.8. The van der Waals surface area contributed by atoms with E-state index in [9.17, 15) is 8.42 Å². The number of ether oxygens (including phenoxy) is 1. The summed E-state index contributed by atoms with van der Waals surface area (Å²) < 4.78 is 31.4. The smallest absolute Gasteiger partial charge is 0.333 e. The first kappa shape index (κ1) is 12.8. The summed E-state index contributed by atoms with van der Waals surface area (Å²) in [6, 6.07) is 11.0. The van der Waals surface area contributed by atoms with E-state index in [2.05, 4.69) is 4.18 Å². The summed E-state index contributed by atoms with van der Waals surface area (Å²) in [4.78, 5) is 0. The SMILES string of the molecule is COc1ccc(COS(N)(=O)=O)c2ccccc12. The first-order valence-electron chi connectivity index (χ1n) is 5.23. The quantitative estimate of drug-likeness (QED) is 0.912. The summed E-state index contributed by atoms with van der Waals surface area (Å²) in [5, 5.41) is 6.58. The van der Waals surface area contributed by atoms with E-state index in [1.807, 2.05) is 24.3 Å². The van der Waals surface area contributed by atoms with Gasteiger partial charge in [-0.05, 0) is 17.0 Å². The molecule has 0 saturated carbocycles. The third-order valence-corrected chi connectivity index (χ3v) is 3.02. The molecule has 0 atom stereocenters. The number of hydrogen-bond acceptors (Lipinski definition) is 4. The molecule has 0 amide bonds. The van der Waals surface area contributed by atoms with Crippen molar-refractivity contribution in [3.63, 3.8) is 0 Å². The van der Waals surface area contributed by atoms with Crippen LogP contribution in [0.3, 0.4) is 0 Å². The molecule has 0 fully saturated rings.